The van der Waals surface area contributed by atoms with Gasteiger partial charge >= 0.3 is 0 Å². The van der Waals surface area contributed by atoms with Crippen LogP contribution >= 0.6 is 11.8 Å². The minimum atomic E-state index is -0.202. The predicted molar refractivity (Wildman–Crippen MR) is 128 cm³/mol. The number of methoxy groups -OCH3 is 1. The van der Waals surface area contributed by atoms with E-state index < -0.39 is 0 Å². The highest BCUT2D eigenvalue weighted by Gasteiger charge is 2.17. The van der Waals surface area contributed by atoms with Gasteiger partial charge in [0.2, 0.25) is 5.91 Å². The first-order valence-electron chi connectivity index (χ1n) is 10.2. The molecule has 162 valence electrons. The molecule has 0 bridgehead atoms. The minimum Gasteiger partial charge on any atom is -0.495 e. The van der Waals surface area contributed by atoms with Crippen LogP contribution in [0.2, 0.25) is 0 Å². The number of aryl methyl sites for hydroxylation is 1. The topological polar surface area (TPSA) is 73.2 Å². The third-order valence-electron chi connectivity index (χ3n) is 4.99. The smallest absolute Gasteiger partial charge is 0.266 e. The summed E-state index contributed by atoms with van der Waals surface area (Å²) < 4.78 is 7.04. The molecule has 0 aliphatic rings. The Morgan fingerprint density at radius 1 is 1.06 bits per heavy atom. The zero-order valence-corrected chi connectivity index (χ0v) is 18.7. The molecule has 0 saturated heterocycles. The molecule has 7 heteroatoms. The molecule has 6 nitrogen and oxygen atoms in total. The van der Waals surface area contributed by atoms with E-state index in [1.165, 1.54) is 16.3 Å². The van der Waals surface area contributed by atoms with Gasteiger partial charge in [0.25, 0.3) is 5.56 Å². The maximum atomic E-state index is 13.4. The van der Waals surface area contributed by atoms with E-state index in [2.05, 4.69) is 5.32 Å². The maximum absolute atomic E-state index is 13.4. The van der Waals surface area contributed by atoms with Crippen LogP contribution in [-0.4, -0.2) is 28.3 Å². The molecule has 0 aliphatic heterocycles. The number of thioether (sulfide) groups is 1. The molecule has 32 heavy (non-hydrogen) atoms. The molecule has 1 aromatic heterocycles. The number of ether oxygens (including phenoxy) is 1. The first-order chi connectivity index (χ1) is 15.6. The van der Waals surface area contributed by atoms with Gasteiger partial charge in [-0.3, -0.25) is 14.2 Å². The van der Waals surface area contributed by atoms with Gasteiger partial charge in [-0.05, 0) is 42.3 Å². The Balaban J connectivity index is 1.67. The van der Waals surface area contributed by atoms with Crippen molar-refractivity contribution in [2.45, 2.75) is 18.6 Å². The summed E-state index contributed by atoms with van der Waals surface area (Å²) in [5.74, 6) is 0.556. The average Bonchev–Trinajstić information content (AvgIpc) is 2.82. The van der Waals surface area contributed by atoms with E-state index in [1.807, 2.05) is 67.6 Å². The maximum Gasteiger partial charge on any atom is 0.266 e. The number of benzene rings is 3. The summed E-state index contributed by atoms with van der Waals surface area (Å²) in [6, 6.07) is 22.6. The van der Waals surface area contributed by atoms with E-state index in [4.69, 9.17) is 9.72 Å². The first-order valence-corrected chi connectivity index (χ1v) is 11.2. The van der Waals surface area contributed by atoms with Crippen LogP contribution in [0.4, 0.5) is 0 Å². The van der Waals surface area contributed by atoms with E-state index >= 15 is 0 Å². The molecule has 0 saturated carbocycles. The summed E-state index contributed by atoms with van der Waals surface area (Å²) >= 11 is 1.22. The van der Waals surface area contributed by atoms with Crippen molar-refractivity contribution in [3.8, 4) is 11.4 Å². The van der Waals surface area contributed by atoms with Crippen LogP contribution < -0.4 is 15.6 Å². The summed E-state index contributed by atoms with van der Waals surface area (Å²) in [4.78, 5) is 30.6. The second-order valence-corrected chi connectivity index (χ2v) is 8.22. The molecule has 4 aromatic rings. The average molecular weight is 446 g/mol. The first kappa shape index (κ1) is 21.6. The number of hydrogen-bond donors (Lipinski definition) is 1. The fraction of sp³-hybridized carbons (Fsp3) is 0.160. The lowest BCUT2D eigenvalue weighted by Crippen LogP contribution is -2.26. The molecule has 0 fully saturated rings. The van der Waals surface area contributed by atoms with Gasteiger partial charge in [-0.1, -0.05) is 60.3 Å². The van der Waals surface area contributed by atoms with Gasteiger partial charge in [0.15, 0.2) is 5.16 Å². The lowest BCUT2D eigenvalue weighted by atomic mass is 10.2. The number of nitrogens with one attached hydrogen (secondary N) is 1. The molecule has 0 spiro atoms. The Hall–Kier alpha value is -3.58. The number of nitrogens with zero attached hydrogens (tertiary/aromatic N) is 2. The summed E-state index contributed by atoms with van der Waals surface area (Å²) in [6.07, 6.45) is 0. The van der Waals surface area contributed by atoms with Crippen LogP contribution in [0.25, 0.3) is 16.6 Å². The van der Waals surface area contributed by atoms with Crippen LogP contribution in [0, 0.1) is 6.92 Å². The molecule has 0 aliphatic carbocycles. The zero-order chi connectivity index (χ0) is 22.5. The third-order valence-corrected chi connectivity index (χ3v) is 5.92. The predicted octanol–water partition coefficient (Wildman–Crippen LogP) is 4.11. The van der Waals surface area contributed by atoms with Crippen molar-refractivity contribution in [1.29, 1.82) is 0 Å². The molecule has 3 aromatic carbocycles. The van der Waals surface area contributed by atoms with Gasteiger partial charge in [-0.2, -0.15) is 0 Å². The van der Waals surface area contributed by atoms with Gasteiger partial charge in [-0.15, -0.1) is 0 Å². The highest BCUT2D eigenvalue weighted by molar-refractivity contribution is 7.99. The van der Waals surface area contributed by atoms with E-state index in [0.717, 1.165) is 11.1 Å². The Kier molecular flexibility index (Phi) is 6.56. The third kappa shape index (κ3) is 4.68. The summed E-state index contributed by atoms with van der Waals surface area (Å²) in [5.41, 5.74) is 3.00. The van der Waals surface area contributed by atoms with Crippen molar-refractivity contribution in [2.24, 2.45) is 0 Å². The molecule has 4 rings (SSSR count). The van der Waals surface area contributed by atoms with E-state index in [1.54, 1.807) is 19.2 Å². The van der Waals surface area contributed by atoms with Crippen molar-refractivity contribution < 1.29 is 9.53 Å². The van der Waals surface area contributed by atoms with Crippen LogP contribution in [0.3, 0.4) is 0 Å². The molecular weight excluding hydrogens is 422 g/mol. The van der Waals surface area contributed by atoms with E-state index in [-0.39, 0.29) is 17.2 Å². The highest BCUT2D eigenvalue weighted by Crippen LogP contribution is 2.28. The number of rotatable bonds is 7. The summed E-state index contributed by atoms with van der Waals surface area (Å²) in [7, 11) is 1.57. The van der Waals surface area contributed by atoms with Crippen LogP contribution in [0.15, 0.2) is 82.7 Å². The monoisotopic (exact) mass is 445 g/mol. The van der Waals surface area contributed by atoms with E-state index in [9.17, 15) is 9.59 Å². The molecule has 0 radical (unpaired) electrons. The van der Waals surface area contributed by atoms with Gasteiger partial charge in [0.1, 0.15) is 5.75 Å². The van der Waals surface area contributed by atoms with Crippen molar-refractivity contribution in [2.75, 3.05) is 12.9 Å². The molecule has 1 amide bonds. The second-order valence-electron chi connectivity index (χ2n) is 7.28. The molecule has 0 atom stereocenters. The lowest BCUT2D eigenvalue weighted by Gasteiger charge is -2.16. The van der Waals surface area contributed by atoms with Crippen LogP contribution in [0.1, 0.15) is 11.1 Å². The zero-order valence-electron chi connectivity index (χ0n) is 17.9. The number of aromatic nitrogens is 2. The van der Waals surface area contributed by atoms with Crippen molar-refractivity contribution in [1.82, 2.24) is 14.9 Å². The fourth-order valence-electron chi connectivity index (χ4n) is 3.37. The second kappa shape index (κ2) is 9.70. The van der Waals surface area contributed by atoms with Crippen molar-refractivity contribution in [3.05, 3.63) is 94.3 Å². The number of para-hydroxylation sites is 1. The van der Waals surface area contributed by atoms with Gasteiger partial charge in [0.05, 0.1) is 29.5 Å². The van der Waals surface area contributed by atoms with Gasteiger partial charge in [0, 0.05) is 6.54 Å². The molecule has 1 N–H and O–H groups in total. The molecule has 0 unspecified atom stereocenters. The Bertz CT molecular complexity index is 1320. The largest absolute Gasteiger partial charge is 0.495 e. The number of carbonyl (C=O) groups excluding carboxylic acids is 1. The SMILES string of the molecule is COc1ccc(C)cc1-n1c(SCC(=O)NCc2ccccc2)nc2ccccc2c1=O. The highest BCUT2D eigenvalue weighted by atomic mass is 32.2. The van der Waals surface area contributed by atoms with Crippen molar-refractivity contribution >= 4 is 28.6 Å². The quantitative estimate of drug-likeness (QED) is 0.342. The number of carbonyl (C=O) groups is 1. The lowest BCUT2D eigenvalue weighted by molar-refractivity contribution is -0.118. The molecule has 1 heterocycles. The number of amides is 1. The standard InChI is InChI=1S/C25H23N3O3S/c1-17-12-13-22(31-2)21(14-17)28-24(30)19-10-6-7-11-20(19)27-25(28)32-16-23(29)26-15-18-8-4-3-5-9-18/h3-14H,15-16H2,1-2H3,(H,26,29). The number of fused-ring (bicyclic) bond motifs is 1. The molecular formula is C25H23N3O3S. The Labute approximate surface area is 190 Å². The van der Waals surface area contributed by atoms with E-state index in [0.29, 0.717) is 34.0 Å². The van der Waals surface area contributed by atoms with Crippen LogP contribution in [-0.2, 0) is 11.3 Å². The Morgan fingerprint density at radius 3 is 2.59 bits per heavy atom. The summed E-state index contributed by atoms with van der Waals surface area (Å²) in [6.45, 7) is 2.40. The van der Waals surface area contributed by atoms with Crippen LogP contribution in [0.5, 0.6) is 5.75 Å². The normalized spacial score (nSPS) is 10.8. The minimum absolute atomic E-state index is 0.131. The van der Waals surface area contributed by atoms with Gasteiger partial charge < -0.3 is 10.1 Å². The fourth-order valence-corrected chi connectivity index (χ4v) is 4.21. The number of hydrogen-bond acceptors (Lipinski definition) is 5. The van der Waals surface area contributed by atoms with Gasteiger partial charge in [-0.25, -0.2) is 4.98 Å². The Morgan fingerprint density at radius 2 is 1.81 bits per heavy atom. The summed E-state index contributed by atoms with van der Waals surface area (Å²) in [5, 5.41) is 3.86. The van der Waals surface area contributed by atoms with Crippen molar-refractivity contribution in [3.63, 3.8) is 0 Å².